The number of piperidine rings is 1. The molecule has 2 N–H and O–H groups in total. The van der Waals surface area contributed by atoms with E-state index in [1.807, 2.05) is 0 Å². The Hall–Kier alpha value is -2.17. The number of rotatable bonds is 4. The molecule has 1 aromatic heterocycles. The standard InChI is InChI=1S/C28H38N4/c1-19-5-8-26-25(13-19)30-27(28(2,3)4)32(26)24-9-11-31(12-10-24)18-21-15-22-7-6-20(17-29)14-23(22)16-21/h5-8,13-14,21,24H,9-12,15-18,29H2,1-4H3/t21-/m1/s1. The molecule has 0 saturated carbocycles. The number of nitrogens with two attached hydrogens (primary N) is 1. The molecule has 1 aliphatic heterocycles. The van der Waals surface area contributed by atoms with Crippen molar-refractivity contribution in [3.8, 4) is 0 Å². The first-order chi connectivity index (χ1) is 15.3. The van der Waals surface area contributed by atoms with Crippen LogP contribution in [0.3, 0.4) is 0 Å². The fourth-order valence-corrected chi connectivity index (χ4v) is 5.85. The van der Waals surface area contributed by atoms with Crippen molar-refractivity contribution < 1.29 is 0 Å². The minimum Gasteiger partial charge on any atom is -0.326 e. The zero-order chi connectivity index (χ0) is 22.5. The molecule has 3 aromatic rings. The van der Waals surface area contributed by atoms with Crippen molar-refractivity contribution >= 4 is 11.0 Å². The Bertz CT molecular complexity index is 1110. The van der Waals surface area contributed by atoms with Gasteiger partial charge in [-0.25, -0.2) is 4.98 Å². The molecule has 4 heteroatoms. The van der Waals surface area contributed by atoms with Gasteiger partial charge in [-0.1, -0.05) is 45.0 Å². The van der Waals surface area contributed by atoms with Gasteiger partial charge in [-0.3, -0.25) is 0 Å². The molecule has 1 aliphatic carbocycles. The number of hydrogen-bond donors (Lipinski definition) is 1. The molecule has 2 aliphatic rings. The van der Waals surface area contributed by atoms with E-state index in [0.29, 0.717) is 12.6 Å². The third kappa shape index (κ3) is 4.11. The van der Waals surface area contributed by atoms with E-state index in [4.69, 9.17) is 10.7 Å². The summed E-state index contributed by atoms with van der Waals surface area (Å²) < 4.78 is 2.58. The predicted molar refractivity (Wildman–Crippen MR) is 133 cm³/mol. The molecular formula is C28H38N4. The number of hydrogen-bond acceptors (Lipinski definition) is 3. The average molecular weight is 431 g/mol. The minimum atomic E-state index is 0.0437. The summed E-state index contributed by atoms with van der Waals surface area (Å²) in [6, 6.07) is 14.1. The largest absolute Gasteiger partial charge is 0.326 e. The molecule has 0 spiro atoms. The van der Waals surface area contributed by atoms with Crippen LogP contribution >= 0.6 is 0 Å². The van der Waals surface area contributed by atoms with E-state index in [9.17, 15) is 0 Å². The monoisotopic (exact) mass is 430 g/mol. The van der Waals surface area contributed by atoms with E-state index in [0.717, 1.165) is 11.4 Å². The van der Waals surface area contributed by atoms with Gasteiger partial charge in [0.1, 0.15) is 5.82 Å². The van der Waals surface area contributed by atoms with Crippen LogP contribution in [0.4, 0.5) is 0 Å². The quantitative estimate of drug-likeness (QED) is 0.622. The van der Waals surface area contributed by atoms with Crippen molar-refractivity contribution in [2.24, 2.45) is 11.7 Å². The number of likely N-dealkylation sites (tertiary alicyclic amines) is 1. The number of aromatic nitrogens is 2. The summed E-state index contributed by atoms with van der Waals surface area (Å²) in [5, 5.41) is 0. The summed E-state index contributed by atoms with van der Waals surface area (Å²) in [6.07, 6.45) is 4.85. The Morgan fingerprint density at radius 3 is 2.47 bits per heavy atom. The maximum Gasteiger partial charge on any atom is 0.115 e. The van der Waals surface area contributed by atoms with Gasteiger partial charge in [-0.05, 0) is 72.9 Å². The summed E-state index contributed by atoms with van der Waals surface area (Å²) in [5.74, 6) is 1.98. The number of aryl methyl sites for hydroxylation is 1. The van der Waals surface area contributed by atoms with Crippen molar-refractivity contribution in [1.82, 2.24) is 14.5 Å². The lowest BCUT2D eigenvalue weighted by Crippen LogP contribution is -2.38. The van der Waals surface area contributed by atoms with E-state index >= 15 is 0 Å². The van der Waals surface area contributed by atoms with Gasteiger partial charge in [-0.2, -0.15) is 0 Å². The smallest absolute Gasteiger partial charge is 0.115 e. The third-order valence-corrected chi connectivity index (χ3v) is 7.48. The van der Waals surface area contributed by atoms with Crippen LogP contribution in [0.25, 0.3) is 11.0 Å². The highest BCUT2D eigenvalue weighted by molar-refractivity contribution is 5.77. The van der Waals surface area contributed by atoms with Gasteiger partial charge in [0.15, 0.2) is 0 Å². The molecule has 1 atom stereocenters. The second-order valence-electron chi connectivity index (χ2n) is 11.2. The average Bonchev–Trinajstić information content (AvgIpc) is 3.34. The van der Waals surface area contributed by atoms with E-state index in [2.05, 4.69) is 73.6 Å². The molecule has 4 nitrogen and oxygen atoms in total. The molecule has 32 heavy (non-hydrogen) atoms. The number of benzene rings is 2. The maximum atomic E-state index is 5.85. The zero-order valence-corrected chi connectivity index (χ0v) is 20.2. The molecule has 0 radical (unpaired) electrons. The van der Waals surface area contributed by atoms with Gasteiger partial charge in [0.25, 0.3) is 0 Å². The van der Waals surface area contributed by atoms with Gasteiger partial charge >= 0.3 is 0 Å². The first-order valence-electron chi connectivity index (χ1n) is 12.3. The summed E-state index contributed by atoms with van der Waals surface area (Å²) >= 11 is 0. The van der Waals surface area contributed by atoms with Crippen molar-refractivity contribution in [3.63, 3.8) is 0 Å². The lowest BCUT2D eigenvalue weighted by molar-refractivity contribution is 0.163. The van der Waals surface area contributed by atoms with E-state index in [-0.39, 0.29) is 5.41 Å². The molecule has 0 amide bonds. The lowest BCUT2D eigenvalue weighted by atomic mass is 9.94. The van der Waals surface area contributed by atoms with Crippen LogP contribution in [-0.4, -0.2) is 34.1 Å². The molecule has 0 bridgehead atoms. The number of nitrogens with zero attached hydrogens (tertiary/aromatic N) is 3. The van der Waals surface area contributed by atoms with Crippen LogP contribution in [0, 0.1) is 12.8 Å². The van der Waals surface area contributed by atoms with Crippen LogP contribution in [0.5, 0.6) is 0 Å². The summed E-state index contributed by atoms with van der Waals surface area (Å²) in [5.41, 5.74) is 14.0. The molecule has 1 saturated heterocycles. The minimum absolute atomic E-state index is 0.0437. The first kappa shape index (κ1) is 21.7. The molecule has 2 heterocycles. The third-order valence-electron chi connectivity index (χ3n) is 7.48. The molecule has 0 unspecified atom stereocenters. The highest BCUT2D eigenvalue weighted by Gasteiger charge is 2.31. The van der Waals surface area contributed by atoms with Crippen molar-refractivity contribution in [1.29, 1.82) is 0 Å². The van der Waals surface area contributed by atoms with E-state index in [1.54, 1.807) is 0 Å². The number of imidazole rings is 1. The van der Waals surface area contributed by atoms with Crippen LogP contribution in [0.2, 0.25) is 0 Å². The fraction of sp³-hybridized carbons (Fsp3) is 0.536. The Kier molecular flexibility index (Phi) is 5.63. The Morgan fingerprint density at radius 2 is 1.75 bits per heavy atom. The summed E-state index contributed by atoms with van der Waals surface area (Å²) in [6.45, 7) is 13.3. The highest BCUT2D eigenvalue weighted by Crippen LogP contribution is 2.35. The Labute approximate surface area is 192 Å². The van der Waals surface area contributed by atoms with E-state index < -0.39 is 0 Å². The second kappa shape index (κ2) is 8.31. The topological polar surface area (TPSA) is 47.1 Å². The van der Waals surface area contributed by atoms with Crippen LogP contribution in [0.1, 0.15) is 67.7 Å². The zero-order valence-electron chi connectivity index (χ0n) is 20.2. The van der Waals surface area contributed by atoms with Crippen molar-refractivity contribution in [2.45, 2.75) is 71.4 Å². The second-order valence-corrected chi connectivity index (χ2v) is 11.2. The van der Waals surface area contributed by atoms with Gasteiger partial charge in [0.05, 0.1) is 11.0 Å². The Balaban J connectivity index is 1.28. The van der Waals surface area contributed by atoms with Crippen LogP contribution < -0.4 is 5.73 Å². The van der Waals surface area contributed by atoms with Gasteiger partial charge in [-0.15, -0.1) is 0 Å². The Morgan fingerprint density at radius 1 is 1.00 bits per heavy atom. The molecule has 2 aromatic carbocycles. The van der Waals surface area contributed by atoms with Crippen LogP contribution in [0.15, 0.2) is 36.4 Å². The number of fused-ring (bicyclic) bond motifs is 2. The fourth-order valence-electron chi connectivity index (χ4n) is 5.85. The summed E-state index contributed by atoms with van der Waals surface area (Å²) in [7, 11) is 0. The maximum absolute atomic E-state index is 5.85. The van der Waals surface area contributed by atoms with Crippen LogP contribution in [-0.2, 0) is 24.8 Å². The molecular weight excluding hydrogens is 392 g/mol. The normalized spacial score (nSPS) is 20.2. The van der Waals surface area contributed by atoms with Gasteiger partial charge in [0.2, 0.25) is 0 Å². The molecule has 170 valence electrons. The molecule has 1 fully saturated rings. The van der Waals surface area contributed by atoms with Gasteiger partial charge < -0.3 is 15.2 Å². The highest BCUT2D eigenvalue weighted by atomic mass is 15.2. The first-order valence-corrected chi connectivity index (χ1v) is 12.3. The SMILES string of the molecule is Cc1ccc2c(c1)nc(C(C)(C)C)n2C1CCN(C[C@@H]2Cc3ccc(CN)cc3C2)CC1. The lowest BCUT2D eigenvalue weighted by Gasteiger charge is -2.36. The van der Waals surface area contributed by atoms with Gasteiger partial charge in [0, 0.05) is 37.6 Å². The predicted octanol–water partition coefficient (Wildman–Crippen LogP) is 5.15. The summed E-state index contributed by atoms with van der Waals surface area (Å²) in [4.78, 5) is 7.80. The van der Waals surface area contributed by atoms with Crippen molar-refractivity contribution in [3.05, 3.63) is 64.5 Å². The van der Waals surface area contributed by atoms with Crippen molar-refractivity contribution in [2.75, 3.05) is 19.6 Å². The molecule has 5 rings (SSSR count). The van der Waals surface area contributed by atoms with E-state index in [1.165, 1.54) is 78.9 Å².